The quantitative estimate of drug-likeness (QED) is 0.0581. The number of rotatable bonds is 10. The Hall–Kier alpha value is -3.55. The summed E-state index contributed by atoms with van der Waals surface area (Å²) in [7, 11) is 3.18. The van der Waals surface area contributed by atoms with Gasteiger partial charge in [0.05, 0.1) is 18.0 Å². The molecule has 1 heterocycles. The van der Waals surface area contributed by atoms with Crippen molar-refractivity contribution in [1.82, 2.24) is 0 Å². The average molecular weight is 522 g/mol. The fourth-order valence-corrected chi connectivity index (χ4v) is 4.77. The summed E-state index contributed by atoms with van der Waals surface area (Å²) < 4.78 is 5.54. The van der Waals surface area contributed by atoms with Crippen molar-refractivity contribution in [3.8, 4) is 16.2 Å². The van der Waals surface area contributed by atoms with Crippen molar-refractivity contribution in [1.29, 1.82) is 0 Å². The molecular weight excluding hydrogens is 502 g/mol. The Labute approximate surface area is 206 Å². The standard InChI is InChI=1S/C17H10N2O4S3.C4H9NO3/c20-9-23-14-7-12(5-6-13(14)17(21)22)19-18-11-3-1-10(2-4-11)15-8-16(24)26-25-15;1-2-3-4-8-5(6)7/h1-9H,(H,21,22);2-4H2,1H3. The van der Waals surface area contributed by atoms with Crippen molar-refractivity contribution < 1.29 is 29.4 Å². The second-order valence-electron chi connectivity index (χ2n) is 6.35. The third kappa shape index (κ3) is 8.77. The number of unbranched alkanes of at least 4 members (excludes halogenated alkanes) is 1. The van der Waals surface area contributed by atoms with E-state index in [1.807, 2.05) is 37.3 Å². The molecule has 1 aromatic heterocycles. The molecular formula is C21H19N3O7S3. The number of hydrogen-bond acceptors (Lipinski definition) is 11. The van der Waals surface area contributed by atoms with Crippen LogP contribution < -0.4 is 4.74 Å². The zero-order valence-corrected chi connectivity index (χ0v) is 20.2. The highest BCUT2D eigenvalue weighted by Gasteiger charge is 2.12. The number of ether oxygens (including phenoxy) is 1. The van der Waals surface area contributed by atoms with Crippen molar-refractivity contribution in [2.24, 2.45) is 10.2 Å². The van der Waals surface area contributed by atoms with Crippen LogP contribution in [-0.2, 0) is 9.63 Å². The van der Waals surface area contributed by atoms with Gasteiger partial charge in [0.2, 0.25) is 0 Å². The lowest BCUT2D eigenvalue weighted by Gasteiger charge is -2.03. The monoisotopic (exact) mass is 521 g/mol. The van der Waals surface area contributed by atoms with E-state index in [0.717, 1.165) is 27.1 Å². The molecule has 3 aromatic rings. The number of hydrogen-bond donors (Lipinski definition) is 1. The number of carbonyl (C=O) groups excluding carboxylic acids is 1. The highest BCUT2D eigenvalue weighted by molar-refractivity contribution is 7.80. The third-order valence-corrected chi connectivity index (χ3v) is 6.87. The summed E-state index contributed by atoms with van der Waals surface area (Å²) in [5.74, 6) is -1.28. The van der Waals surface area contributed by atoms with Crippen LogP contribution in [0.5, 0.6) is 5.75 Å². The van der Waals surface area contributed by atoms with Crippen LogP contribution in [0.25, 0.3) is 10.4 Å². The molecule has 0 aliphatic heterocycles. The van der Waals surface area contributed by atoms with E-state index in [2.05, 4.69) is 19.8 Å². The van der Waals surface area contributed by atoms with E-state index in [0.29, 0.717) is 11.4 Å². The van der Waals surface area contributed by atoms with Gasteiger partial charge < -0.3 is 14.7 Å². The van der Waals surface area contributed by atoms with Crippen LogP contribution in [-0.4, -0.2) is 29.2 Å². The first-order chi connectivity index (χ1) is 16.3. The summed E-state index contributed by atoms with van der Waals surface area (Å²) >= 11 is 5.14. The molecule has 3 rings (SSSR count). The molecule has 0 amide bonds. The van der Waals surface area contributed by atoms with Gasteiger partial charge in [-0.3, -0.25) is 4.79 Å². The molecule has 2 aromatic carbocycles. The lowest BCUT2D eigenvalue weighted by Crippen LogP contribution is -2.01. The van der Waals surface area contributed by atoms with E-state index >= 15 is 0 Å². The van der Waals surface area contributed by atoms with Gasteiger partial charge in [0, 0.05) is 10.9 Å². The van der Waals surface area contributed by atoms with Gasteiger partial charge >= 0.3 is 5.97 Å². The zero-order chi connectivity index (χ0) is 24.9. The first kappa shape index (κ1) is 26.7. The lowest BCUT2D eigenvalue weighted by molar-refractivity contribution is -0.757. The minimum Gasteiger partial charge on any atom is -0.478 e. The SMILES string of the molecule is CCCCO[N+](=O)[O-].O=COc1cc(N=Nc2ccc(-c3cc(=S)ss3)cc2)ccc1C(=O)O. The van der Waals surface area contributed by atoms with Crippen LogP contribution >= 0.6 is 32.9 Å². The minimum absolute atomic E-state index is 0.0852. The number of carboxylic acids is 1. The number of carbonyl (C=O) groups is 2. The molecule has 0 bridgehead atoms. The molecule has 13 heteroatoms. The fraction of sp³-hybridized carbons (Fsp3) is 0.190. The first-order valence-corrected chi connectivity index (χ1v) is 12.3. The van der Waals surface area contributed by atoms with E-state index in [4.69, 9.17) is 17.3 Å². The smallest absolute Gasteiger partial charge is 0.339 e. The topological polar surface area (TPSA) is 141 Å². The Bertz CT molecular complexity index is 1210. The molecule has 0 saturated heterocycles. The van der Waals surface area contributed by atoms with Crippen LogP contribution in [0.4, 0.5) is 11.4 Å². The molecule has 0 saturated carbocycles. The third-order valence-electron chi connectivity index (χ3n) is 3.96. The van der Waals surface area contributed by atoms with Gasteiger partial charge in [-0.2, -0.15) is 10.2 Å². The summed E-state index contributed by atoms with van der Waals surface area (Å²) in [6.07, 6.45) is 1.68. The van der Waals surface area contributed by atoms with Crippen molar-refractivity contribution in [3.05, 3.63) is 68.0 Å². The molecule has 10 nitrogen and oxygen atoms in total. The maximum Gasteiger partial charge on any atom is 0.339 e. The molecule has 0 aliphatic rings. The normalized spacial score (nSPS) is 10.3. The van der Waals surface area contributed by atoms with Crippen LogP contribution in [0.15, 0.2) is 58.8 Å². The maximum absolute atomic E-state index is 11.1. The Kier molecular flexibility index (Phi) is 10.9. The van der Waals surface area contributed by atoms with E-state index in [-0.39, 0.29) is 24.4 Å². The molecule has 178 valence electrons. The average Bonchev–Trinajstić information content (AvgIpc) is 3.25. The Morgan fingerprint density at radius 1 is 1.15 bits per heavy atom. The van der Waals surface area contributed by atoms with E-state index in [1.54, 1.807) is 20.7 Å². The minimum atomic E-state index is -1.20. The maximum atomic E-state index is 11.1. The van der Waals surface area contributed by atoms with Crippen LogP contribution in [0.3, 0.4) is 0 Å². The molecule has 0 radical (unpaired) electrons. The van der Waals surface area contributed by atoms with Crippen LogP contribution in [0.2, 0.25) is 0 Å². The van der Waals surface area contributed by atoms with E-state index in [1.165, 1.54) is 18.2 Å². The molecule has 0 aliphatic carbocycles. The highest BCUT2D eigenvalue weighted by atomic mass is 32.9. The summed E-state index contributed by atoms with van der Waals surface area (Å²) in [6, 6.07) is 13.6. The summed E-state index contributed by atoms with van der Waals surface area (Å²) in [5, 5.41) is 25.9. The molecule has 0 spiro atoms. The second kappa shape index (κ2) is 13.9. The van der Waals surface area contributed by atoms with Gasteiger partial charge in [0.1, 0.15) is 15.1 Å². The molecule has 0 unspecified atom stereocenters. The van der Waals surface area contributed by atoms with E-state index < -0.39 is 11.1 Å². The Balaban J connectivity index is 0.000000440. The molecule has 0 atom stereocenters. The van der Waals surface area contributed by atoms with Gasteiger partial charge in [0.25, 0.3) is 11.6 Å². The molecule has 0 fully saturated rings. The van der Waals surface area contributed by atoms with Crippen molar-refractivity contribution in [2.75, 3.05) is 6.61 Å². The predicted molar refractivity (Wildman–Crippen MR) is 131 cm³/mol. The number of azo groups is 1. The lowest BCUT2D eigenvalue weighted by atomic mass is 10.2. The number of carboxylic acid groups (broad SMARTS) is 1. The van der Waals surface area contributed by atoms with Gasteiger partial charge in [-0.15, -0.1) is 10.1 Å². The fourth-order valence-electron chi connectivity index (χ4n) is 2.36. The van der Waals surface area contributed by atoms with Crippen molar-refractivity contribution in [2.45, 2.75) is 19.8 Å². The van der Waals surface area contributed by atoms with E-state index in [9.17, 15) is 19.7 Å². The number of aromatic carboxylic acids is 1. The largest absolute Gasteiger partial charge is 0.478 e. The van der Waals surface area contributed by atoms with Crippen molar-refractivity contribution >= 4 is 56.7 Å². The van der Waals surface area contributed by atoms with Gasteiger partial charge in [-0.25, -0.2) is 4.79 Å². The summed E-state index contributed by atoms with van der Waals surface area (Å²) in [5.41, 5.74) is 1.92. The van der Waals surface area contributed by atoms with Crippen LogP contribution in [0.1, 0.15) is 30.1 Å². The highest BCUT2D eigenvalue weighted by Crippen LogP contribution is 2.31. The van der Waals surface area contributed by atoms with Gasteiger partial charge in [-0.1, -0.05) is 58.4 Å². The molecule has 34 heavy (non-hydrogen) atoms. The summed E-state index contributed by atoms with van der Waals surface area (Å²) in [6.45, 7) is 2.34. The first-order valence-electron chi connectivity index (χ1n) is 9.71. The van der Waals surface area contributed by atoms with Gasteiger partial charge in [-0.05, 0) is 42.3 Å². The molecule has 1 N–H and O–H groups in total. The Morgan fingerprint density at radius 3 is 2.38 bits per heavy atom. The Morgan fingerprint density at radius 2 is 1.82 bits per heavy atom. The van der Waals surface area contributed by atoms with Crippen LogP contribution in [0, 0.1) is 13.9 Å². The number of benzene rings is 2. The van der Waals surface area contributed by atoms with Crippen molar-refractivity contribution in [3.63, 3.8) is 0 Å². The summed E-state index contributed by atoms with van der Waals surface area (Å²) in [4.78, 5) is 36.2. The predicted octanol–water partition coefficient (Wildman–Crippen LogP) is 6.85. The number of nitrogens with zero attached hydrogens (tertiary/aromatic N) is 3. The zero-order valence-electron chi connectivity index (χ0n) is 17.8. The second-order valence-corrected chi connectivity index (χ2v) is 9.26. The van der Waals surface area contributed by atoms with Gasteiger partial charge in [0.15, 0.2) is 0 Å².